The number of rotatable bonds is 4. The highest BCUT2D eigenvalue weighted by molar-refractivity contribution is 5.93. The van der Waals surface area contributed by atoms with Crippen molar-refractivity contribution in [2.45, 2.75) is 0 Å². The molecule has 0 fully saturated rings. The highest BCUT2D eigenvalue weighted by Gasteiger charge is 2.09. The van der Waals surface area contributed by atoms with E-state index >= 15 is 0 Å². The maximum Gasteiger partial charge on any atom is 0.255 e. The molecule has 0 bridgehead atoms. The van der Waals surface area contributed by atoms with Crippen LogP contribution in [0, 0.1) is 0 Å². The molecule has 0 unspecified atom stereocenters. The van der Waals surface area contributed by atoms with Gasteiger partial charge < -0.3 is 5.32 Å². The summed E-state index contributed by atoms with van der Waals surface area (Å²) in [5, 5.41) is 5.57. The molecule has 0 spiro atoms. The second kappa shape index (κ2) is 7.64. The summed E-state index contributed by atoms with van der Waals surface area (Å²) in [6, 6.07) is 26.9. The zero-order valence-electron chi connectivity index (χ0n) is 16.1. The summed E-state index contributed by atoms with van der Waals surface area (Å²) < 4.78 is 1.62. The lowest BCUT2D eigenvalue weighted by atomic mass is 10.1. The molecular weight excluding hydrogens is 372 g/mol. The predicted molar refractivity (Wildman–Crippen MR) is 120 cm³/mol. The van der Waals surface area contributed by atoms with Crippen molar-refractivity contribution in [3.63, 3.8) is 0 Å². The largest absolute Gasteiger partial charge is 0.340 e. The molecule has 3 heterocycles. The van der Waals surface area contributed by atoms with E-state index in [2.05, 4.69) is 21.4 Å². The van der Waals surface area contributed by atoms with Crippen molar-refractivity contribution in [2.75, 3.05) is 5.32 Å². The smallest absolute Gasteiger partial charge is 0.255 e. The summed E-state index contributed by atoms with van der Waals surface area (Å²) >= 11 is 0. The van der Waals surface area contributed by atoms with Crippen LogP contribution in [0.15, 0.2) is 108 Å². The van der Waals surface area contributed by atoms with Gasteiger partial charge in [-0.2, -0.15) is 0 Å². The Bertz CT molecular complexity index is 1390. The van der Waals surface area contributed by atoms with Crippen LogP contribution in [0.3, 0.4) is 0 Å². The number of nitrogens with zero attached hydrogens (tertiary/aromatic N) is 3. The lowest BCUT2D eigenvalue weighted by Crippen LogP contribution is -2.15. The van der Waals surface area contributed by atoms with E-state index in [1.807, 2.05) is 66.7 Å². The number of hydrogen-bond donors (Lipinski definition) is 1. The molecule has 2 aromatic carbocycles. The Morgan fingerprint density at radius 1 is 0.767 bits per heavy atom. The minimum Gasteiger partial charge on any atom is -0.340 e. The van der Waals surface area contributed by atoms with E-state index in [0.29, 0.717) is 0 Å². The van der Waals surface area contributed by atoms with Crippen molar-refractivity contribution >= 4 is 22.3 Å². The summed E-state index contributed by atoms with van der Waals surface area (Å²) in [6.07, 6.45) is 5.31. The Hall–Kier alpha value is -4.25. The van der Waals surface area contributed by atoms with Gasteiger partial charge in [0.2, 0.25) is 0 Å². The summed E-state index contributed by atoms with van der Waals surface area (Å²) in [7, 11) is 0. The van der Waals surface area contributed by atoms with Crippen LogP contribution in [0.4, 0.5) is 11.5 Å². The first-order valence-corrected chi connectivity index (χ1v) is 9.63. The van der Waals surface area contributed by atoms with Crippen LogP contribution in [-0.4, -0.2) is 14.5 Å². The molecule has 0 saturated heterocycles. The molecular formula is C25H18N4O. The van der Waals surface area contributed by atoms with Crippen molar-refractivity contribution in [1.82, 2.24) is 14.5 Å². The second-order valence-corrected chi connectivity index (χ2v) is 6.90. The normalized spacial score (nSPS) is 10.8. The average Bonchev–Trinajstić information content (AvgIpc) is 2.80. The molecule has 5 heteroatoms. The van der Waals surface area contributed by atoms with Gasteiger partial charge in [-0.3, -0.25) is 14.3 Å². The van der Waals surface area contributed by atoms with E-state index in [1.54, 1.807) is 35.3 Å². The van der Waals surface area contributed by atoms with E-state index in [-0.39, 0.29) is 5.56 Å². The number of fused-ring (bicyclic) bond motifs is 1. The molecule has 0 radical (unpaired) electrons. The maximum absolute atomic E-state index is 12.4. The SMILES string of the molecule is O=c1ccccn1-c1cc(Nc2nccc3ccccc23)cc(-c2ccccn2)c1. The van der Waals surface area contributed by atoms with Crippen LogP contribution >= 0.6 is 0 Å². The highest BCUT2D eigenvalue weighted by Crippen LogP contribution is 2.29. The second-order valence-electron chi connectivity index (χ2n) is 6.90. The number of hydrogen-bond acceptors (Lipinski definition) is 4. The van der Waals surface area contributed by atoms with Gasteiger partial charge in [-0.15, -0.1) is 0 Å². The quantitative estimate of drug-likeness (QED) is 0.459. The van der Waals surface area contributed by atoms with Crippen molar-refractivity contribution in [3.05, 3.63) is 114 Å². The first-order chi connectivity index (χ1) is 14.8. The Morgan fingerprint density at radius 2 is 1.63 bits per heavy atom. The first kappa shape index (κ1) is 17.8. The van der Waals surface area contributed by atoms with Gasteiger partial charge in [-0.25, -0.2) is 4.98 Å². The molecule has 1 N–H and O–H groups in total. The third-order valence-corrected chi connectivity index (χ3v) is 4.92. The number of aromatic nitrogens is 3. The zero-order chi connectivity index (χ0) is 20.3. The van der Waals surface area contributed by atoms with Gasteiger partial charge in [0.1, 0.15) is 5.82 Å². The molecule has 144 valence electrons. The number of benzene rings is 2. The number of nitrogens with one attached hydrogen (secondary N) is 1. The van der Waals surface area contributed by atoms with Crippen molar-refractivity contribution in [3.8, 4) is 16.9 Å². The van der Waals surface area contributed by atoms with Gasteiger partial charge in [0.05, 0.1) is 11.4 Å². The van der Waals surface area contributed by atoms with Gasteiger partial charge in [-0.1, -0.05) is 36.4 Å². The lowest BCUT2D eigenvalue weighted by molar-refractivity contribution is 0.991. The third kappa shape index (κ3) is 3.44. The number of pyridine rings is 3. The Kier molecular flexibility index (Phi) is 4.54. The summed E-state index contributed by atoms with van der Waals surface area (Å²) in [5.41, 5.74) is 3.23. The van der Waals surface area contributed by atoms with Crippen LogP contribution in [0.5, 0.6) is 0 Å². The Labute approximate surface area is 173 Å². The van der Waals surface area contributed by atoms with Crippen molar-refractivity contribution in [2.24, 2.45) is 0 Å². The molecule has 0 aliphatic heterocycles. The fourth-order valence-electron chi connectivity index (χ4n) is 3.50. The fourth-order valence-corrected chi connectivity index (χ4v) is 3.50. The average molecular weight is 390 g/mol. The molecule has 0 aliphatic carbocycles. The standard InChI is InChI=1S/C25H18N4O/c30-24-10-4-6-14-29(24)21-16-19(23-9-3-5-12-26-23)15-20(17-21)28-25-22-8-2-1-7-18(22)11-13-27-25/h1-17H,(H,27,28). The lowest BCUT2D eigenvalue weighted by Gasteiger charge is -2.14. The van der Waals surface area contributed by atoms with Crippen LogP contribution in [-0.2, 0) is 0 Å². The fraction of sp³-hybridized carbons (Fsp3) is 0. The molecule has 5 rings (SSSR count). The Balaban J connectivity index is 1.67. The summed E-state index contributed by atoms with van der Waals surface area (Å²) in [6.45, 7) is 0. The van der Waals surface area contributed by atoms with Gasteiger partial charge >= 0.3 is 0 Å². The monoisotopic (exact) mass is 390 g/mol. The van der Waals surface area contributed by atoms with E-state index in [4.69, 9.17) is 0 Å². The minimum absolute atomic E-state index is 0.0927. The number of anilines is 2. The van der Waals surface area contributed by atoms with Crippen molar-refractivity contribution < 1.29 is 0 Å². The maximum atomic E-state index is 12.4. The third-order valence-electron chi connectivity index (χ3n) is 4.92. The minimum atomic E-state index is -0.0927. The van der Waals surface area contributed by atoms with Gasteiger partial charge in [-0.05, 0) is 47.9 Å². The van der Waals surface area contributed by atoms with Crippen LogP contribution in [0.1, 0.15) is 0 Å². The molecule has 0 aliphatic rings. The van der Waals surface area contributed by atoms with Gasteiger partial charge in [0, 0.05) is 41.3 Å². The van der Waals surface area contributed by atoms with E-state index in [0.717, 1.165) is 39.2 Å². The van der Waals surface area contributed by atoms with Crippen LogP contribution in [0.2, 0.25) is 0 Å². The topological polar surface area (TPSA) is 59.8 Å². The van der Waals surface area contributed by atoms with Crippen LogP contribution in [0.25, 0.3) is 27.7 Å². The molecule has 0 saturated carbocycles. The first-order valence-electron chi connectivity index (χ1n) is 9.63. The molecule has 30 heavy (non-hydrogen) atoms. The van der Waals surface area contributed by atoms with Gasteiger partial charge in [0.15, 0.2) is 0 Å². The zero-order valence-corrected chi connectivity index (χ0v) is 16.1. The summed E-state index contributed by atoms with van der Waals surface area (Å²) in [4.78, 5) is 21.4. The van der Waals surface area contributed by atoms with Gasteiger partial charge in [0.25, 0.3) is 5.56 Å². The molecule has 0 atom stereocenters. The highest BCUT2D eigenvalue weighted by atomic mass is 16.1. The molecule has 0 amide bonds. The van der Waals surface area contributed by atoms with E-state index in [9.17, 15) is 4.79 Å². The molecule has 5 nitrogen and oxygen atoms in total. The van der Waals surface area contributed by atoms with Crippen molar-refractivity contribution in [1.29, 1.82) is 0 Å². The Morgan fingerprint density at radius 3 is 2.50 bits per heavy atom. The van der Waals surface area contributed by atoms with E-state index in [1.165, 1.54) is 0 Å². The predicted octanol–water partition coefficient (Wildman–Crippen LogP) is 5.19. The van der Waals surface area contributed by atoms with E-state index < -0.39 is 0 Å². The molecule has 3 aromatic heterocycles. The van der Waals surface area contributed by atoms with Crippen LogP contribution < -0.4 is 10.9 Å². The summed E-state index contributed by atoms with van der Waals surface area (Å²) in [5.74, 6) is 0.762. The molecule has 5 aromatic rings.